The van der Waals surface area contributed by atoms with E-state index in [1.165, 1.54) is 0 Å². The lowest BCUT2D eigenvalue weighted by Gasteiger charge is -2.33. The van der Waals surface area contributed by atoms with Crippen LogP contribution in [0.15, 0.2) is 42.6 Å². The monoisotopic (exact) mass is 671 g/mol. The molecule has 3 aromatic carbocycles. The third-order valence-electron chi connectivity index (χ3n) is 8.97. The van der Waals surface area contributed by atoms with E-state index in [-0.39, 0.29) is 44.2 Å². The number of methoxy groups -OCH3 is 1. The number of ether oxygens (including phenoxy) is 6. The van der Waals surface area contributed by atoms with Crippen molar-refractivity contribution in [3.8, 4) is 17.2 Å². The molecule has 0 radical (unpaired) electrons. The first-order valence-electron chi connectivity index (χ1n) is 16.1. The average molecular weight is 672 g/mol. The lowest BCUT2D eigenvalue weighted by molar-refractivity contribution is -0.131. The maximum atomic E-state index is 14.0. The molecule has 2 aliphatic rings. The number of Topliss-reactive ketones (excluding diaryl/α,β-unsaturated/α-hetero) is 1. The average Bonchev–Trinajstić information content (AvgIpc) is 3.39. The largest absolute Gasteiger partial charge is 0.494 e. The summed E-state index contributed by atoms with van der Waals surface area (Å²) in [6, 6.07) is 11.3. The van der Waals surface area contributed by atoms with E-state index in [1.807, 2.05) is 42.6 Å². The summed E-state index contributed by atoms with van der Waals surface area (Å²) in [5.41, 5.74) is 11.9. The SMILES string of the molecule is COc1c(N2CCOCC2)cc(C(=O)Cn2cc3cc4c(cc3c2N)OCc2cc(COC=O)c(COC=O)cc2CO4)cc1C(C)(C)C. The molecule has 0 saturated carbocycles. The highest BCUT2D eigenvalue weighted by molar-refractivity contribution is 6.00. The molecule has 0 spiro atoms. The number of aromatic nitrogens is 1. The summed E-state index contributed by atoms with van der Waals surface area (Å²) in [4.78, 5) is 37.9. The summed E-state index contributed by atoms with van der Waals surface area (Å²) in [6.45, 7) is 10.2. The third kappa shape index (κ3) is 7.00. The number of carbonyl (C=O) groups is 3. The van der Waals surface area contributed by atoms with Crippen LogP contribution in [0, 0.1) is 0 Å². The van der Waals surface area contributed by atoms with Gasteiger partial charge in [-0.25, -0.2) is 0 Å². The van der Waals surface area contributed by atoms with Gasteiger partial charge < -0.3 is 43.6 Å². The summed E-state index contributed by atoms with van der Waals surface area (Å²) in [6.07, 6.45) is 1.85. The Kier molecular flexibility index (Phi) is 9.68. The first kappa shape index (κ1) is 33.7. The van der Waals surface area contributed by atoms with E-state index >= 15 is 0 Å². The van der Waals surface area contributed by atoms with Crippen LogP contribution in [0.25, 0.3) is 10.8 Å². The van der Waals surface area contributed by atoms with E-state index in [0.29, 0.717) is 73.3 Å². The molecule has 1 aromatic heterocycles. The fourth-order valence-corrected chi connectivity index (χ4v) is 6.37. The molecule has 0 atom stereocenters. The van der Waals surface area contributed by atoms with Gasteiger partial charge in [0, 0.05) is 41.2 Å². The number of nitrogens with zero attached hydrogens (tertiary/aromatic N) is 2. The number of nitrogen functional groups attached to an aromatic ring is 1. The van der Waals surface area contributed by atoms with E-state index in [2.05, 4.69) is 25.7 Å². The first-order valence-corrected chi connectivity index (χ1v) is 16.1. The van der Waals surface area contributed by atoms with Crippen LogP contribution in [0.2, 0.25) is 0 Å². The van der Waals surface area contributed by atoms with Crippen LogP contribution in [-0.4, -0.2) is 56.7 Å². The zero-order chi connectivity index (χ0) is 34.7. The van der Waals surface area contributed by atoms with Gasteiger partial charge in [0.2, 0.25) is 0 Å². The number of hydrogen-bond donors (Lipinski definition) is 1. The van der Waals surface area contributed by atoms with Crippen molar-refractivity contribution in [3.05, 3.63) is 76.0 Å². The van der Waals surface area contributed by atoms with E-state index in [9.17, 15) is 14.4 Å². The van der Waals surface area contributed by atoms with Gasteiger partial charge in [0.05, 0.1) is 32.6 Å². The molecule has 12 nitrogen and oxygen atoms in total. The van der Waals surface area contributed by atoms with Gasteiger partial charge in [0.15, 0.2) is 17.3 Å². The highest BCUT2D eigenvalue weighted by atomic mass is 16.5. The lowest BCUT2D eigenvalue weighted by atomic mass is 9.84. The van der Waals surface area contributed by atoms with Crippen LogP contribution in [0.3, 0.4) is 0 Å². The molecule has 12 heteroatoms. The Labute approximate surface area is 284 Å². The van der Waals surface area contributed by atoms with Crippen molar-refractivity contribution in [2.45, 2.75) is 59.2 Å². The van der Waals surface area contributed by atoms with E-state index in [4.69, 9.17) is 34.2 Å². The van der Waals surface area contributed by atoms with Crippen molar-refractivity contribution in [2.24, 2.45) is 0 Å². The number of carbonyl (C=O) groups excluding carboxylic acids is 3. The summed E-state index contributed by atoms with van der Waals surface area (Å²) in [7, 11) is 1.67. The van der Waals surface area contributed by atoms with Crippen LogP contribution in [0.1, 0.15) is 58.9 Å². The molecule has 1 saturated heterocycles. The van der Waals surface area contributed by atoms with Crippen molar-refractivity contribution in [2.75, 3.05) is 44.0 Å². The highest BCUT2D eigenvalue weighted by Crippen LogP contribution is 2.42. The van der Waals surface area contributed by atoms with Crippen LogP contribution >= 0.6 is 0 Å². The normalized spacial score (nSPS) is 14.4. The minimum atomic E-state index is -0.268. The Morgan fingerprint density at radius 2 is 1.51 bits per heavy atom. The molecule has 3 heterocycles. The fraction of sp³-hybridized carbons (Fsp3) is 0.378. The predicted molar refractivity (Wildman–Crippen MR) is 182 cm³/mol. The number of ketones is 1. The van der Waals surface area contributed by atoms with Crippen molar-refractivity contribution in [1.29, 1.82) is 0 Å². The first-order chi connectivity index (χ1) is 23.6. The molecule has 0 amide bonds. The number of nitrogens with two attached hydrogens (primary N) is 1. The van der Waals surface area contributed by atoms with Crippen LogP contribution in [-0.2, 0) is 62.2 Å². The Balaban J connectivity index is 1.29. The zero-order valence-electron chi connectivity index (χ0n) is 28.2. The Morgan fingerprint density at radius 1 is 0.898 bits per heavy atom. The van der Waals surface area contributed by atoms with Gasteiger partial charge in [-0.05, 0) is 64.1 Å². The summed E-state index contributed by atoms with van der Waals surface area (Å²) in [5, 5.41) is 1.53. The van der Waals surface area contributed by atoms with Gasteiger partial charge in [-0.3, -0.25) is 14.4 Å². The summed E-state index contributed by atoms with van der Waals surface area (Å²) >= 11 is 0. The van der Waals surface area contributed by atoms with E-state index in [1.54, 1.807) is 11.7 Å². The van der Waals surface area contributed by atoms with E-state index < -0.39 is 0 Å². The number of morpholine rings is 1. The van der Waals surface area contributed by atoms with Crippen LogP contribution in [0.5, 0.6) is 17.2 Å². The minimum absolute atomic E-state index is 0.0255. The standard InChI is InChI=1S/C37H41N3O9/c1-37(2,3)30-11-23(12-31(35(30)44-4)39-5-7-45-8-6-39)32(43)16-40-15-24-13-33-34(14-29(24)36(40)38)49-20-28-10-26(18-47-22-42)25(17-46-21-41)9-27(28)19-48-33/h9-15,21-22H,5-8,16-20,38H2,1-4H3. The topological polar surface area (TPSA) is 141 Å². The fourth-order valence-electron chi connectivity index (χ4n) is 6.37. The molecule has 0 aliphatic carbocycles. The van der Waals surface area contributed by atoms with Gasteiger partial charge in [0.25, 0.3) is 12.9 Å². The van der Waals surface area contributed by atoms with Gasteiger partial charge in [-0.15, -0.1) is 0 Å². The molecule has 4 aromatic rings. The second kappa shape index (κ2) is 14.1. The third-order valence-corrected chi connectivity index (χ3v) is 8.97. The Hall–Kier alpha value is -5.23. The number of rotatable bonds is 11. The smallest absolute Gasteiger partial charge is 0.293 e. The number of fused-ring (bicyclic) bond motifs is 3. The predicted octanol–water partition coefficient (Wildman–Crippen LogP) is 5.07. The second-order valence-corrected chi connectivity index (χ2v) is 13.2. The number of hydrogen-bond acceptors (Lipinski definition) is 11. The van der Waals surface area contributed by atoms with Crippen molar-refractivity contribution in [3.63, 3.8) is 0 Å². The quantitative estimate of drug-likeness (QED) is 0.169. The summed E-state index contributed by atoms with van der Waals surface area (Å²) < 4.78 is 35.6. The molecular formula is C37H41N3O9. The molecule has 2 aliphatic heterocycles. The van der Waals surface area contributed by atoms with E-state index in [0.717, 1.165) is 38.9 Å². The van der Waals surface area contributed by atoms with Gasteiger partial charge in [-0.2, -0.15) is 0 Å². The molecule has 0 unspecified atom stereocenters. The van der Waals surface area contributed by atoms with Crippen LogP contribution in [0.4, 0.5) is 11.5 Å². The van der Waals surface area contributed by atoms with Gasteiger partial charge in [0.1, 0.15) is 38.0 Å². The van der Waals surface area contributed by atoms with Gasteiger partial charge >= 0.3 is 0 Å². The summed E-state index contributed by atoms with van der Waals surface area (Å²) in [5.74, 6) is 2.16. The van der Waals surface area contributed by atoms with Crippen molar-refractivity contribution < 1.29 is 42.8 Å². The Bertz CT molecular complexity index is 1890. The molecule has 1 fully saturated rings. The lowest BCUT2D eigenvalue weighted by Crippen LogP contribution is -2.37. The minimum Gasteiger partial charge on any atom is -0.494 e. The molecular weight excluding hydrogens is 630 g/mol. The molecule has 6 rings (SSSR count). The maximum absolute atomic E-state index is 14.0. The Morgan fingerprint density at radius 3 is 2.08 bits per heavy atom. The van der Waals surface area contributed by atoms with Crippen LogP contribution < -0.4 is 24.8 Å². The van der Waals surface area contributed by atoms with Crippen molar-refractivity contribution in [1.82, 2.24) is 4.57 Å². The highest BCUT2D eigenvalue weighted by Gasteiger charge is 2.28. The van der Waals surface area contributed by atoms with Gasteiger partial charge in [-0.1, -0.05) is 20.8 Å². The number of anilines is 2. The molecule has 0 bridgehead atoms. The second-order valence-electron chi connectivity index (χ2n) is 13.2. The molecule has 258 valence electrons. The zero-order valence-corrected chi connectivity index (χ0v) is 28.2. The number of benzene rings is 3. The van der Waals surface area contributed by atoms with Crippen molar-refractivity contribution >= 4 is 41.0 Å². The maximum Gasteiger partial charge on any atom is 0.293 e. The molecule has 49 heavy (non-hydrogen) atoms. The molecule has 2 N–H and O–H groups in total.